The molecule has 1 aliphatic carbocycles. The van der Waals surface area contributed by atoms with Crippen molar-refractivity contribution in [2.45, 2.75) is 32.2 Å². The Morgan fingerprint density at radius 1 is 1.35 bits per heavy atom. The van der Waals surface area contributed by atoms with E-state index in [9.17, 15) is 13.6 Å². The summed E-state index contributed by atoms with van der Waals surface area (Å²) in [6.07, 6.45) is 4.04. The lowest BCUT2D eigenvalue weighted by molar-refractivity contribution is -0.136. The predicted octanol–water partition coefficient (Wildman–Crippen LogP) is 3.05. The monoisotopic (exact) mass is 322 g/mol. The van der Waals surface area contributed by atoms with Crippen LogP contribution in [0.2, 0.25) is 0 Å². The van der Waals surface area contributed by atoms with Crippen LogP contribution in [0.4, 0.5) is 8.78 Å². The number of carbonyl (C=O) groups excluding carboxylic acids is 1. The zero-order valence-electron chi connectivity index (χ0n) is 13.8. The maximum absolute atomic E-state index is 13.8. The van der Waals surface area contributed by atoms with Crippen molar-refractivity contribution in [3.8, 4) is 0 Å². The van der Waals surface area contributed by atoms with E-state index in [0.29, 0.717) is 12.1 Å². The first-order chi connectivity index (χ1) is 10.9. The second kappa shape index (κ2) is 6.19. The van der Waals surface area contributed by atoms with Gasteiger partial charge in [0, 0.05) is 38.7 Å². The summed E-state index contributed by atoms with van der Waals surface area (Å²) in [5, 5.41) is 0. The molecule has 0 aromatic heterocycles. The van der Waals surface area contributed by atoms with Crippen LogP contribution in [0.1, 0.15) is 31.2 Å². The third kappa shape index (κ3) is 3.11. The minimum absolute atomic E-state index is 0.0190. The number of nitrogens with zero attached hydrogens (tertiary/aromatic N) is 2. The Morgan fingerprint density at radius 2 is 2.13 bits per heavy atom. The molecule has 1 spiro atoms. The molecule has 1 aliphatic heterocycles. The van der Waals surface area contributed by atoms with E-state index in [1.807, 2.05) is 14.1 Å². The molecule has 1 aromatic carbocycles. The zero-order chi connectivity index (χ0) is 16.6. The molecule has 1 aromatic rings. The molecule has 1 heterocycles. The number of hydrogen-bond acceptors (Lipinski definition) is 2. The first-order valence-corrected chi connectivity index (χ1v) is 8.29. The van der Waals surface area contributed by atoms with Crippen LogP contribution in [-0.4, -0.2) is 42.9 Å². The Kier molecular flexibility index (Phi) is 4.41. The quantitative estimate of drug-likeness (QED) is 0.854. The van der Waals surface area contributed by atoms with Gasteiger partial charge in [-0.25, -0.2) is 8.78 Å². The van der Waals surface area contributed by atoms with Gasteiger partial charge in [0.05, 0.1) is 0 Å². The third-order valence-corrected chi connectivity index (χ3v) is 5.51. The van der Waals surface area contributed by atoms with Crippen molar-refractivity contribution in [1.29, 1.82) is 0 Å². The number of carbonyl (C=O) groups is 1. The molecule has 1 saturated carbocycles. The average Bonchev–Trinajstić information content (AvgIpc) is 3.10. The van der Waals surface area contributed by atoms with E-state index >= 15 is 0 Å². The highest BCUT2D eigenvalue weighted by molar-refractivity contribution is 5.79. The van der Waals surface area contributed by atoms with Gasteiger partial charge < -0.3 is 4.90 Å². The van der Waals surface area contributed by atoms with Gasteiger partial charge in [-0.05, 0) is 49.4 Å². The Balaban J connectivity index is 1.72. The predicted molar refractivity (Wildman–Crippen MR) is 84.7 cm³/mol. The van der Waals surface area contributed by atoms with Crippen LogP contribution in [0.25, 0.3) is 0 Å². The standard InChI is InChI=1S/C18H24F2N2O/c1-21(2)17(23)15-4-3-7-18(15)8-9-22(12-18)11-13-10-14(19)5-6-16(13)20/h5-6,10,15H,3-4,7-9,11-12H2,1-2H3/t15-,18+/m1/s1. The maximum Gasteiger partial charge on any atom is 0.225 e. The number of halogens is 2. The van der Waals surface area contributed by atoms with Crippen LogP contribution in [0.5, 0.6) is 0 Å². The molecule has 0 bridgehead atoms. The van der Waals surface area contributed by atoms with E-state index in [4.69, 9.17) is 0 Å². The molecule has 0 radical (unpaired) electrons. The summed E-state index contributed by atoms with van der Waals surface area (Å²) in [5.41, 5.74) is 0.418. The Morgan fingerprint density at radius 3 is 2.87 bits per heavy atom. The van der Waals surface area contributed by atoms with Gasteiger partial charge in [0.1, 0.15) is 11.6 Å². The lowest BCUT2D eigenvalue weighted by atomic mass is 9.76. The fourth-order valence-electron chi connectivity index (χ4n) is 4.35. The van der Waals surface area contributed by atoms with E-state index < -0.39 is 5.82 Å². The molecule has 2 aliphatic rings. The van der Waals surface area contributed by atoms with Crippen molar-refractivity contribution in [3.05, 3.63) is 35.4 Å². The second-order valence-corrected chi connectivity index (χ2v) is 7.24. The van der Waals surface area contributed by atoms with Crippen LogP contribution in [0, 0.1) is 23.0 Å². The number of likely N-dealkylation sites (tertiary alicyclic amines) is 1. The van der Waals surface area contributed by atoms with E-state index in [1.165, 1.54) is 12.1 Å². The normalized spacial score (nSPS) is 27.7. The molecule has 3 rings (SSSR count). The van der Waals surface area contributed by atoms with Gasteiger partial charge in [0.2, 0.25) is 5.91 Å². The Hall–Kier alpha value is -1.49. The molecule has 23 heavy (non-hydrogen) atoms. The summed E-state index contributed by atoms with van der Waals surface area (Å²) in [7, 11) is 3.62. The lowest BCUT2D eigenvalue weighted by Gasteiger charge is -2.32. The first-order valence-electron chi connectivity index (χ1n) is 8.29. The minimum Gasteiger partial charge on any atom is -0.349 e. The van der Waals surface area contributed by atoms with Crippen LogP contribution in [0.15, 0.2) is 18.2 Å². The summed E-state index contributed by atoms with van der Waals surface area (Å²) in [4.78, 5) is 16.3. The van der Waals surface area contributed by atoms with Crippen LogP contribution in [-0.2, 0) is 11.3 Å². The van der Waals surface area contributed by atoms with E-state index in [2.05, 4.69) is 4.90 Å². The fraction of sp³-hybridized carbons (Fsp3) is 0.611. The topological polar surface area (TPSA) is 23.6 Å². The van der Waals surface area contributed by atoms with Crippen LogP contribution < -0.4 is 0 Å². The SMILES string of the molecule is CN(C)C(=O)[C@H]1CCC[C@@]12CCN(Cc1cc(F)ccc1F)C2. The molecular formula is C18H24F2N2O. The van der Waals surface area contributed by atoms with Crippen molar-refractivity contribution < 1.29 is 13.6 Å². The third-order valence-electron chi connectivity index (χ3n) is 5.51. The number of benzene rings is 1. The van der Waals surface area contributed by atoms with Crippen molar-refractivity contribution in [2.24, 2.45) is 11.3 Å². The highest BCUT2D eigenvalue weighted by Crippen LogP contribution is 2.50. The number of amides is 1. The summed E-state index contributed by atoms with van der Waals surface area (Å²) in [6.45, 7) is 2.05. The highest BCUT2D eigenvalue weighted by atomic mass is 19.1. The van der Waals surface area contributed by atoms with Gasteiger partial charge in [-0.2, -0.15) is 0 Å². The molecule has 2 atom stereocenters. The van der Waals surface area contributed by atoms with Crippen LogP contribution in [0.3, 0.4) is 0 Å². The maximum atomic E-state index is 13.8. The smallest absolute Gasteiger partial charge is 0.225 e. The lowest BCUT2D eigenvalue weighted by Crippen LogP contribution is -2.40. The molecule has 5 heteroatoms. The largest absolute Gasteiger partial charge is 0.349 e. The van der Waals surface area contributed by atoms with Gasteiger partial charge in [-0.15, -0.1) is 0 Å². The molecule has 3 nitrogen and oxygen atoms in total. The van der Waals surface area contributed by atoms with Gasteiger partial charge >= 0.3 is 0 Å². The molecule has 0 unspecified atom stereocenters. The summed E-state index contributed by atoms with van der Waals surface area (Å²) < 4.78 is 27.2. The molecular weight excluding hydrogens is 298 g/mol. The minimum atomic E-state index is -0.406. The second-order valence-electron chi connectivity index (χ2n) is 7.24. The van der Waals surface area contributed by atoms with Crippen molar-refractivity contribution >= 4 is 5.91 Å². The number of hydrogen-bond donors (Lipinski definition) is 0. The zero-order valence-corrected chi connectivity index (χ0v) is 13.8. The highest BCUT2D eigenvalue weighted by Gasteiger charge is 2.50. The Bertz CT molecular complexity index is 605. The van der Waals surface area contributed by atoms with Gasteiger partial charge in [0.15, 0.2) is 0 Å². The first kappa shape index (κ1) is 16.4. The van der Waals surface area contributed by atoms with E-state index in [-0.39, 0.29) is 23.1 Å². The van der Waals surface area contributed by atoms with E-state index in [0.717, 1.165) is 44.8 Å². The Labute approximate surface area is 136 Å². The molecule has 1 saturated heterocycles. The average molecular weight is 322 g/mol. The molecule has 0 N–H and O–H groups in total. The van der Waals surface area contributed by atoms with Crippen molar-refractivity contribution in [2.75, 3.05) is 27.2 Å². The van der Waals surface area contributed by atoms with Gasteiger partial charge in [0.25, 0.3) is 0 Å². The van der Waals surface area contributed by atoms with Crippen molar-refractivity contribution in [1.82, 2.24) is 9.80 Å². The van der Waals surface area contributed by atoms with E-state index in [1.54, 1.807) is 4.90 Å². The fourth-order valence-corrected chi connectivity index (χ4v) is 4.35. The summed E-state index contributed by atoms with van der Waals surface area (Å²) in [6, 6.07) is 3.61. The summed E-state index contributed by atoms with van der Waals surface area (Å²) in [5.74, 6) is -0.488. The molecule has 2 fully saturated rings. The molecule has 126 valence electrons. The molecule has 1 amide bonds. The number of rotatable bonds is 3. The van der Waals surface area contributed by atoms with Gasteiger partial charge in [-0.1, -0.05) is 6.42 Å². The summed E-state index contributed by atoms with van der Waals surface area (Å²) >= 11 is 0. The van der Waals surface area contributed by atoms with Crippen LogP contribution >= 0.6 is 0 Å². The van der Waals surface area contributed by atoms with Crippen molar-refractivity contribution in [3.63, 3.8) is 0 Å². The van der Waals surface area contributed by atoms with Gasteiger partial charge in [-0.3, -0.25) is 9.69 Å².